The zero-order valence-corrected chi connectivity index (χ0v) is 10.1. The summed E-state index contributed by atoms with van der Waals surface area (Å²) in [4.78, 5) is 4.22. The van der Waals surface area contributed by atoms with E-state index < -0.39 is 5.60 Å². The van der Waals surface area contributed by atoms with Crippen LogP contribution in [0.15, 0.2) is 12.3 Å². The van der Waals surface area contributed by atoms with Crippen molar-refractivity contribution in [2.24, 2.45) is 0 Å². The quantitative estimate of drug-likeness (QED) is 0.728. The maximum Gasteiger partial charge on any atom is 0.128 e. The second kappa shape index (κ2) is 4.89. The fourth-order valence-corrected chi connectivity index (χ4v) is 1.82. The van der Waals surface area contributed by atoms with Gasteiger partial charge in [0.1, 0.15) is 5.82 Å². The van der Waals surface area contributed by atoms with Crippen LogP contribution < -0.4 is 11.1 Å². The average Bonchev–Trinajstić information content (AvgIpc) is 2.32. The predicted molar refractivity (Wildman–Crippen MR) is 66.9 cm³/mol. The number of anilines is 2. The van der Waals surface area contributed by atoms with E-state index in [9.17, 15) is 5.11 Å². The summed E-state index contributed by atoms with van der Waals surface area (Å²) < 4.78 is 5.23. The molecule has 1 fully saturated rings. The maximum absolute atomic E-state index is 10.3. The normalized spacial score (nSPS) is 18.9. The van der Waals surface area contributed by atoms with Crippen LogP contribution in [0.25, 0.3) is 0 Å². The first-order valence-corrected chi connectivity index (χ1v) is 5.85. The van der Waals surface area contributed by atoms with Crippen molar-refractivity contribution in [1.82, 2.24) is 4.98 Å². The molecule has 0 atom stereocenters. The van der Waals surface area contributed by atoms with Gasteiger partial charge in [-0.15, -0.1) is 0 Å². The fourth-order valence-electron chi connectivity index (χ4n) is 1.82. The van der Waals surface area contributed by atoms with Crippen molar-refractivity contribution in [2.45, 2.75) is 25.4 Å². The molecule has 0 radical (unpaired) electrons. The number of hydrogen-bond donors (Lipinski definition) is 3. The van der Waals surface area contributed by atoms with Crippen molar-refractivity contribution < 1.29 is 9.84 Å². The third-order valence-electron chi connectivity index (χ3n) is 3.17. The van der Waals surface area contributed by atoms with Gasteiger partial charge in [0, 0.05) is 50.6 Å². The Morgan fingerprint density at radius 2 is 2.24 bits per heavy atom. The molecular formula is C12H19N3O2. The lowest BCUT2D eigenvalue weighted by Gasteiger charge is -2.32. The third kappa shape index (κ3) is 3.08. The Morgan fingerprint density at radius 1 is 1.53 bits per heavy atom. The molecule has 0 spiro atoms. The lowest BCUT2D eigenvalue weighted by molar-refractivity contribution is -0.0543. The zero-order chi connectivity index (χ0) is 12.3. The summed E-state index contributed by atoms with van der Waals surface area (Å²) in [5.74, 6) is 0.702. The van der Waals surface area contributed by atoms with E-state index in [1.807, 2.05) is 6.92 Å². The Hall–Kier alpha value is -1.33. The van der Waals surface area contributed by atoms with Crippen molar-refractivity contribution in [2.75, 3.05) is 30.8 Å². The Morgan fingerprint density at radius 3 is 2.88 bits per heavy atom. The number of aryl methyl sites for hydroxylation is 1. The summed E-state index contributed by atoms with van der Waals surface area (Å²) in [6, 6.07) is 1.79. The molecule has 0 bridgehead atoms. The van der Waals surface area contributed by atoms with Gasteiger partial charge in [0.2, 0.25) is 0 Å². The molecule has 0 saturated carbocycles. The van der Waals surface area contributed by atoms with Gasteiger partial charge in [-0.1, -0.05) is 0 Å². The summed E-state index contributed by atoms with van der Waals surface area (Å²) in [6.07, 6.45) is 3.04. The molecule has 1 aromatic heterocycles. The Bertz CT molecular complexity index is 389. The number of pyridine rings is 1. The van der Waals surface area contributed by atoms with E-state index in [1.165, 1.54) is 0 Å². The lowest BCUT2D eigenvalue weighted by Crippen LogP contribution is -2.42. The van der Waals surface area contributed by atoms with Crippen LogP contribution in [0.3, 0.4) is 0 Å². The number of nitrogens with one attached hydrogen (secondary N) is 1. The van der Waals surface area contributed by atoms with Gasteiger partial charge in [0.15, 0.2) is 0 Å². The molecule has 1 aliphatic heterocycles. The van der Waals surface area contributed by atoms with Gasteiger partial charge in [-0.2, -0.15) is 0 Å². The SMILES string of the molecule is Cc1cnc(NCC2(O)CCOCC2)cc1N. The molecule has 2 rings (SSSR count). The number of aromatic nitrogens is 1. The van der Waals surface area contributed by atoms with E-state index >= 15 is 0 Å². The summed E-state index contributed by atoms with van der Waals surface area (Å²) in [5, 5.41) is 13.4. The minimum atomic E-state index is -0.695. The van der Waals surface area contributed by atoms with E-state index in [4.69, 9.17) is 10.5 Å². The number of nitrogens with two attached hydrogens (primary N) is 1. The van der Waals surface area contributed by atoms with Crippen LogP contribution in [0.4, 0.5) is 11.5 Å². The smallest absolute Gasteiger partial charge is 0.128 e. The van der Waals surface area contributed by atoms with Crippen LogP contribution in [0.5, 0.6) is 0 Å². The highest BCUT2D eigenvalue weighted by atomic mass is 16.5. The third-order valence-corrected chi connectivity index (χ3v) is 3.17. The molecule has 0 amide bonds. The molecule has 94 valence electrons. The number of rotatable bonds is 3. The molecule has 0 unspecified atom stereocenters. The number of hydrogen-bond acceptors (Lipinski definition) is 5. The highest BCUT2D eigenvalue weighted by Crippen LogP contribution is 2.21. The Balaban J connectivity index is 1.94. The molecule has 4 N–H and O–H groups in total. The summed E-state index contributed by atoms with van der Waals surface area (Å²) >= 11 is 0. The Kier molecular flexibility index (Phi) is 3.49. The van der Waals surface area contributed by atoms with Gasteiger partial charge >= 0.3 is 0 Å². The van der Waals surface area contributed by atoms with Crippen LogP contribution in [0.1, 0.15) is 18.4 Å². The van der Waals surface area contributed by atoms with Gasteiger partial charge in [-0.3, -0.25) is 0 Å². The first-order chi connectivity index (χ1) is 8.09. The molecule has 5 nitrogen and oxygen atoms in total. The first kappa shape index (κ1) is 12.1. The standard InChI is InChI=1S/C12H19N3O2/c1-9-7-14-11(6-10(9)13)15-8-12(16)2-4-17-5-3-12/h6-7,16H,2-5,8H2,1H3,(H3,13,14,15). The van der Waals surface area contributed by atoms with E-state index in [2.05, 4.69) is 10.3 Å². The summed E-state index contributed by atoms with van der Waals surface area (Å²) in [7, 11) is 0. The molecule has 2 heterocycles. The van der Waals surface area contributed by atoms with Crippen LogP contribution >= 0.6 is 0 Å². The van der Waals surface area contributed by atoms with Gasteiger partial charge in [0.05, 0.1) is 5.60 Å². The molecule has 17 heavy (non-hydrogen) atoms. The topological polar surface area (TPSA) is 80.4 Å². The summed E-state index contributed by atoms with van der Waals surface area (Å²) in [6.45, 7) is 3.62. The molecule has 1 saturated heterocycles. The van der Waals surface area contributed by atoms with E-state index in [1.54, 1.807) is 12.3 Å². The highest BCUT2D eigenvalue weighted by molar-refractivity contribution is 5.53. The van der Waals surface area contributed by atoms with Crippen molar-refractivity contribution in [3.8, 4) is 0 Å². The molecule has 5 heteroatoms. The molecule has 1 aromatic rings. The second-order valence-corrected chi connectivity index (χ2v) is 4.62. The molecule has 1 aliphatic rings. The van der Waals surface area contributed by atoms with Gasteiger partial charge < -0.3 is 20.9 Å². The minimum Gasteiger partial charge on any atom is -0.398 e. The van der Waals surface area contributed by atoms with Crippen molar-refractivity contribution in [3.05, 3.63) is 17.8 Å². The van der Waals surface area contributed by atoms with Crippen molar-refractivity contribution in [1.29, 1.82) is 0 Å². The zero-order valence-electron chi connectivity index (χ0n) is 10.1. The maximum atomic E-state index is 10.3. The van der Waals surface area contributed by atoms with E-state index in [-0.39, 0.29) is 0 Å². The van der Waals surface area contributed by atoms with Gasteiger partial charge in [0.25, 0.3) is 0 Å². The minimum absolute atomic E-state index is 0.478. The van der Waals surface area contributed by atoms with Crippen LogP contribution in [-0.2, 0) is 4.74 Å². The largest absolute Gasteiger partial charge is 0.398 e. The number of aliphatic hydroxyl groups is 1. The predicted octanol–water partition coefficient (Wildman–Crippen LogP) is 0.926. The number of nitrogen functional groups attached to an aromatic ring is 1. The molecule has 0 aromatic carbocycles. The van der Waals surface area contributed by atoms with E-state index in [0.29, 0.717) is 44.1 Å². The van der Waals surface area contributed by atoms with Crippen LogP contribution in [-0.4, -0.2) is 35.5 Å². The average molecular weight is 237 g/mol. The van der Waals surface area contributed by atoms with Crippen LogP contribution in [0.2, 0.25) is 0 Å². The Labute approximate surface area is 101 Å². The van der Waals surface area contributed by atoms with Gasteiger partial charge in [-0.05, 0) is 12.5 Å². The molecule has 0 aliphatic carbocycles. The van der Waals surface area contributed by atoms with Crippen molar-refractivity contribution >= 4 is 11.5 Å². The van der Waals surface area contributed by atoms with Gasteiger partial charge in [-0.25, -0.2) is 4.98 Å². The second-order valence-electron chi connectivity index (χ2n) is 4.62. The lowest BCUT2D eigenvalue weighted by atomic mass is 9.94. The number of ether oxygens (including phenoxy) is 1. The number of nitrogens with zero attached hydrogens (tertiary/aromatic N) is 1. The van der Waals surface area contributed by atoms with E-state index in [0.717, 1.165) is 5.56 Å². The summed E-state index contributed by atoms with van der Waals surface area (Å²) in [5.41, 5.74) is 6.77. The van der Waals surface area contributed by atoms with Crippen molar-refractivity contribution in [3.63, 3.8) is 0 Å². The fraction of sp³-hybridized carbons (Fsp3) is 0.583. The molecular weight excluding hydrogens is 218 g/mol. The highest BCUT2D eigenvalue weighted by Gasteiger charge is 2.29. The monoisotopic (exact) mass is 237 g/mol. The first-order valence-electron chi connectivity index (χ1n) is 5.85. The van der Waals surface area contributed by atoms with Crippen LogP contribution in [0, 0.1) is 6.92 Å².